The van der Waals surface area contributed by atoms with Crippen LogP contribution in [0.4, 0.5) is 6.01 Å². The van der Waals surface area contributed by atoms with E-state index in [-0.39, 0.29) is 0 Å². The number of oxazole rings is 1. The van der Waals surface area contributed by atoms with Crippen molar-refractivity contribution < 1.29 is 9.15 Å². The van der Waals surface area contributed by atoms with Gasteiger partial charge in [0.1, 0.15) is 11.3 Å². The van der Waals surface area contributed by atoms with Crippen molar-refractivity contribution in [1.29, 1.82) is 0 Å². The molecule has 0 unspecified atom stereocenters. The molecule has 1 N–H and O–H groups in total. The van der Waals surface area contributed by atoms with Gasteiger partial charge in [-0.2, -0.15) is 10.1 Å². The minimum atomic E-state index is 0.381. The van der Waals surface area contributed by atoms with Gasteiger partial charge < -0.3 is 9.15 Å². The SMILES string of the molecule is CCOc1ccc(/C(C)=N/Nc2nc3ccccc3o2)cc1. The Hall–Kier alpha value is -2.82. The van der Waals surface area contributed by atoms with Crippen LogP contribution in [-0.4, -0.2) is 17.3 Å². The monoisotopic (exact) mass is 295 g/mol. The molecule has 5 nitrogen and oxygen atoms in total. The highest BCUT2D eigenvalue weighted by molar-refractivity contribution is 5.99. The topological polar surface area (TPSA) is 59.6 Å². The normalized spacial score (nSPS) is 11.6. The fraction of sp³-hybridized carbons (Fsp3) is 0.176. The first-order valence-electron chi connectivity index (χ1n) is 7.15. The molecule has 3 aromatic rings. The van der Waals surface area contributed by atoms with Gasteiger partial charge in [-0.1, -0.05) is 12.1 Å². The first-order valence-corrected chi connectivity index (χ1v) is 7.15. The van der Waals surface area contributed by atoms with Gasteiger partial charge in [0.05, 0.1) is 12.3 Å². The Morgan fingerprint density at radius 1 is 1.18 bits per heavy atom. The van der Waals surface area contributed by atoms with Gasteiger partial charge >= 0.3 is 6.01 Å². The lowest BCUT2D eigenvalue weighted by atomic mass is 10.1. The van der Waals surface area contributed by atoms with Crippen molar-refractivity contribution in [3.63, 3.8) is 0 Å². The summed E-state index contributed by atoms with van der Waals surface area (Å²) >= 11 is 0. The van der Waals surface area contributed by atoms with E-state index in [2.05, 4.69) is 15.5 Å². The maximum atomic E-state index is 5.56. The summed E-state index contributed by atoms with van der Waals surface area (Å²) in [5.74, 6) is 0.853. The molecule has 0 spiro atoms. The maximum Gasteiger partial charge on any atom is 0.316 e. The van der Waals surface area contributed by atoms with Gasteiger partial charge in [-0.05, 0) is 55.8 Å². The van der Waals surface area contributed by atoms with Gasteiger partial charge in [0.15, 0.2) is 5.58 Å². The molecule has 0 amide bonds. The maximum absolute atomic E-state index is 5.56. The summed E-state index contributed by atoms with van der Waals surface area (Å²) in [7, 11) is 0. The van der Waals surface area contributed by atoms with Gasteiger partial charge in [-0.3, -0.25) is 0 Å². The third-order valence-corrected chi connectivity index (χ3v) is 3.20. The molecule has 2 aromatic carbocycles. The highest BCUT2D eigenvalue weighted by Gasteiger charge is 2.04. The molecule has 5 heteroatoms. The predicted molar refractivity (Wildman–Crippen MR) is 87.5 cm³/mol. The van der Waals surface area contributed by atoms with Crippen molar-refractivity contribution in [2.45, 2.75) is 13.8 Å². The number of fused-ring (bicyclic) bond motifs is 1. The quantitative estimate of drug-likeness (QED) is 0.569. The number of hydrogen-bond acceptors (Lipinski definition) is 5. The lowest BCUT2D eigenvalue weighted by Gasteiger charge is -2.04. The van der Waals surface area contributed by atoms with Crippen molar-refractivity contribution in [3.8, 4) is 5.75 Å². The number of aromatic nitrogens is 1. The summed E-state index contributed by atoms with van der Waals surface area (Å²) in [4.78, 5) is 4.31. The minimum absolute atomic E-state index is 0.381. The molecule has 0 saturated heterocycles. The number of hydrogen-bond donors (Lipinski definition) is 1. The highest BCUT2D eigenvalue weighted by Crippen LogP contribution is 2.18. The van der Waals surface area contributed by atoms with Crippen LogP contribution in [0.3, 0.4) is 0 Å². The van der Waals surface area contributed by atoms with Gasteiger partial charge in [0, 0.05) is 0 Å². The molecule has 0 aliphatic heterocycles. The third kappa shape index (κ3) is 3.09. The van der Waals surface area contributed by atoms with Crippen molar-refractivity contribution >= 4 is 22.8 Å². The van der Waals surface area contributed by atoms with Crippen LogP contribution in [0.5, 0.6) is 5.75 Å². The summed E-state index contributed by atoms with van der Waals surface area (Å²) in [6, 6.07) is 15.8. The lowest BCUT2D eigenvalue weighted by molar-refractivity contribution is 0.340. The van der Waals surface area contributed by atoms with Gasteiger partial charge in [0.25, 0.3) is 0 Å². The Morgan fingerprint density at radius 3 is 2.68 bits per heavy atom. The number of benzene rings is 2. The Kier molecular flexibility index (Phi) is 4.05. The fourth-order valence-corrected chi connectivity index (χ4v) is 2.08. The molecule has 0 atom stereocenters. The molecule has 1 aromatic heterocycles. The van der Waals surface area contributed by atoms with Crippen molar-refractivity contribution in [3.05, 3.63) is 54.1 Å². The van der Waals surface area contributed by atoms with E-state index in [9.17, 15) is 0 Å². The minimum Gasteiger partial charge on any atom is -0.494 e. The summed E-state index contributed by atoms with van der Waals surface area (Å²) in [5, 5.41) is 4.31. The Balaban J connectivity index is 1.73. The van der Waals surface area contributed by atoms with E-state index in [4.69, 9.17) is 9.15 Å². The van der Waals surface area contributed by atoms with Crippen molar-refractivity contribution in [2.24, 2.45) is 5.10 Å². The van der Waals surface area contributed by atoms with Crippen LogP contribution < -0.4 is 10.2 Å². The van der Waals surface area contributed by atoms with E-state index in [1.807, 2.05) is 62.4 Å². The molecule has 0 bridgehead atoms. The molecule has 0 fully saturated rings. The van der Waals surface area contributed by atoms with E-state index < -0.39 is 0 Å². The van der Waals surface area contributed by atoms with E-state index in [0.29, 0.717) is 12.6 Å². The average Bonchev–Trinajstić information content (AvgIpc) is 2.96. The highest BCUT2D eigenvalue weighted by atomic mass is 16.5. The van der Waals surface area contributed by atoms with Gasteiger partial charge in [-0.15, -0.1) is 0 Å². The summed E-state index contributed by atoms with van der Waals surface area (Å²) in [5.41, 5.74) is 6.24. The number of para-hydroxylation sites is 2. The van der Waals surface area contributed by atoms with E-state index in [1.54, 1.807) is 0 Å². The van der Waals surface area contributed by atoms with Crippen LogP contribution in [0.25, 0.3) is 11.1 Å². The van der Waals surface area contributed by atoms with Crippen LogP contribution in [0.2, 0.25) is 0 Å². The molecular weight excluding hydrogens is 278 g/mol. The molecule has 1 heterocycles. The van der Waals surface area contributed by atoms with Crippen molar-refractivity contribution in [1.82, 2.24) is 4.98 Å². The largest absolute Gasteiger partial charge is 0.494 e. The molecular formula is C17H17N3O2. The zero-order chi connectivity index (χ0) is 15.4. The first kappa shape index (κ1) is 14.1. The third-order valence-electron chi connectivity index (χ3n) is 3.20. The van der Waals surface area contributed by atoms with E-state index in [1.165, 1.54) is 0 Å². The fourth-order valence-electron chi connectivity index (χ4n) is 2.08. The van der Waals surface area contributed by atoms with Gasteiger partial charge in [-0.25, -0.2) is 5.43 Å². The second-order valence-electron chi connectivity index (χ2n) is 4.75. The molecule has 112 valence electrons. The Morgan fingerprint density at radius 2 is 1.95 bits per heavy atom. The molecule has 0 aliphatic carbocycles. The molecule has 22 heavy (non-hydrogen) atoms. The number of ether oxygens (including phenoxy) is 1. The summed E-state index contributed by atoms with van der Waals surface area (Å²) < 4.78 is 11.0. The molecule has 0 radical (unpaired) electrons. The smallest absolute Gasteiger partial charge is 0.316 e. The van der Waals surface area contributed by atoms with Crippen LogP contribution in [0.15, 0.2) is 58.0 Å². The Bertz CT molecular complexity index is 758. The standard InChI is InChI=1S/C17H17N3O2/c1-3-21-14-10-8-13(9-11-14)12(2)19-20-17-18-15-6-4-5-7-16(15)22-17/h4-11H,3H2,1-2H3,(H,18,20)/b19-12+. The zero-order valence-corrected chi connectivity index (χ0v) is 12.5. The summed E-state index contributed by atoms with van der Waals surface area (Å²) in [6.07, 6.45) is 0. The lowest BCUT2D eigenvalue weighted by Crippen LogP contribution is -2.00. The second kappa shape index (κ2) is 6.30. The predicted octanol–water partition coefficient (Wildman–Crippen LogP) is 4.06. The van der Waals surface area contributed by atoms with Crippen LogP contribution in [-0.2, 0) is 0 Å². The van der Waals surface area contributed by atoms with Crippen LogP contribution >= 0.6 is 0 Å². The number of nitrogens with zero attached hydrogens (tertiary/aromatic N) is 2. The second-order valence-corrected chi connectivity index (χ2v) is 4.75. The zero-order valence-electron chi connectivity index (χ0n) is 12.5. The number of rotatable bonds is 5. The van der Waals surface area contributed by atoms with E-state index in [0.717, 1.165) is 28.1 Å². The number of anilines is 1. The number of hydrazone groups is 1. The Labute approximate surface area is 128 Å². The van der Waals surface area contributed by atoms with E-state index >= 15 is 0 Å². The first-order chi connectivity index (χ1) is 10.8. The molecule has 0 aliphatic rings. The summed E-state index contributed by atoms with van der Waals surface area (Å²) in [6.45, 7) is 4.54. The molecule has 0 saturated carbocycles. The number of nitrogens with one attached hydrogen (secondary N) is 1. The van der Waals surface area contributed by atoms with Gasteiger partial charge in [0.2, 0.25) is 0 Å². The molecule has 3 rings (SSSR count). The average molecular weight is 295 g/mol. The van der Waals surface area contributed by atoms with Crippen LogP contribution in [0, 0.1) is 0 Å². The van der Waals surface area contributed by atoms with Crippen LogP contribution in [0.1, 0.15) is 19.4 Å². The van der Waals surface area contributed by atoms with Crippen molar-refractivity contribution in [2.75, 3.05) is 12.0 Å².